The van der Waals surface area contributed by atoms with Crippen LogP contribution in [0, 0.1) is 6.92 Å². The average molecular weight is 359 g/mol. The number of rotatable bonds is 6. The smallest absolute Gasteiger partial charge is 0.224 e. The molecule has 0 spiro atoms. The van der Waals surface area contributed by atoms with Crippen LogP contribution in [-0.4, -0.2) is 54.7 Å². The number of hydrogen-bond donors (Lipinski definition) is 1. The number of amides is 1. The van der Waals surface area contributed by atoms with Crippen molar-refractivity contribution in [1.29, 1.82) is 0 Å². The van der Waals surface area contributed by atoms with Gasteiger partial charge in [0.1, 0.15) is 0 Å². The van der Waals surface area contributed by atoms with Crippen molar-refractivity contribution in [2.45, 2.75) is 26.3 Å². The summed E-state index contributed by atoms with van der Waals surface area (Å²) in [6.45, 7) is 8.27. The Hall–Kier alpha value is -1.76. The summed E-state index contributed by atoms with van der Waals surface area (Å²) in [6.07, 6.45) is 0.409. The molecule has 3 rings (SSSR count). The molecule has 2 heterocycles. The standard InChI is InChI=1S/C19H25N3O2S/c1-14(22-7-9-24-10-8-22)12-20-19(23)11-16-3-5-17(6-4-16)18-13-25-15(2)21-18/h3-6,13-14H,7-12H2,1-2H3,(H,20,23). The molecule has 1 aromatic carbocycles. The number of nitrogens with one attached hydrogen (secondary N) is 1. The normalized spacial score (nSPS) is 16.6. The fourth-order valence-corrected chi connectivity index (χ4v) is 3.57. The first kappa shape index (κ1) is 18.0. The lowest BCUT2D eigenvalue weighted by molar-refractivity contribution is -0.120. The minimum Gasteiger partial charge on any atom is -0.379 e. The average Bonchev–Trinajstić information content (AvgIpc) is 3.07. The molecule has 1 aliphatic rings. The molecule has 0 bridgehead atoms. The zero-order valence-corrected chi connectivity index (χ0v) is 15.6. The van der Waals surface area contributed by atoms with Gasteiger partial charge in [-0.05, 0) is 19.4 Å². The maximum Gasteiger partial charge on any atom is 0.224 e. The van der Waals surface area contributed by atoms with Crippen molar-refractivity contribution in [1.82, 2.24) is 15.2 Å². The van der Waals surface area contributed by atoms with Crippen molar-refractivity contribution >= 4 is 17.2 Å². The summed E-state index contributed by atoms with van der Waals surface area (Å²) in [6, 6.07) is 8.42. The van der Waals surface area contributed by atoms with Crippen LogP contribution < -0.4 is 5.32 Å². The van der Waals surface area contributed by atoms with Crippen molar-refractivity contribution in [2.75, 3.05) is 32.8 Å². The second-order valence-corrected chi connectivity index (χ2v) is 7.49. The minimum atomic E-state index is 0.0670. The van der Waals surface area contributed by atoms with Crippen molar-refractivity contribution in [3.05, 3.63) is 40.2 Å². The molecule has 0 aliphatic carbocycles. The van der Waals surface area contributed by atoms with Crippen LogP contribution >= 0.6 is 11.3 Å². The topological polar surface area (TPSA) is 54.5 Å². The Morgan fingerprint density at radius 2 is 2.04 bits per heavy atom. The summed E-state index contributed by atoms with van der Waals surface area (Å²) in [5.74, 6) is 0.0670. The Morgan fingerprint density at radius 1 is 1.32 bits per heavy atom. The van der Waals surface area contributed by atoms with Gasteiger partial charge in [0.25, 0.3) is 0 Å². The van der Waals surface area contributed by atoms with Gasteiger partial charge in [-0.3, -0.25) is 9.69 Å². The monoisotopic (exact) mass is 359 g/mol. The third kappa shape index (κ3) is 5.11. The number of carbonyl (C=O) groups is 1. The van der Waals surface area contributed by atoms with Crippen molar-refractivity contribution in [3.63, 3.8) is 0 Å². The van der Waals surface area contributed by atoms with Gasteiger partial charge >= 0.3 is 0 Å². The fraction of sp³-hybridized carbons (Fsp3) is 0.474. The molecule has 1 aliphatic heterocycles. The van der Waals surface area contributed by atoms with E-state index in [2.05, 4.69) is 27.5 Å². The van der Waals surface area contributed by atoms with Crippen LogP contribution in [0.4, 0.5) is 0 Å². The number of thiazole rings is 1. The van der Waals surface area contributed by atoms with Crippen molar-refractivity contribution < 1.29 is 9.53 Å². The maximum atomic E-state index is 12.2. The number of ether oxygens (including phenoxy) is 1. The predicted octanol–water partition coefficient (Wildman–Crippen LogP) is 2.50. The number of aromatic nitrogens is 1. The molecule has 5 nitrogen and oxygen atoms in total. The van der Waals surface area contributed by atoms with Crippen LogP contribution in [0.25, 0.3) is 11.3 Å². The quantitative estimate of drug-likeness (QED) is 0.861. The highest BCUT2D eigenvalue weighted by Gasteiger charge is 2.17. The highest BCUT2D eigenvalue weighted by atomic mass is 32.1. The molecule has 134 valence electrons. The van der Waals surface area contributed by atoms with E-state index in [0.29, 0.717) is 19.0 Å². The number of benzene rings is 1. The number of hydrogen-bond acceptors (Lipinski definition) is 5. The van der Waals surface area contributed by atoms with E-state index in [1.54, 1.807) is 11.3 Å². The van der Waals surface area contributed by atoms with Gasteiger partial charge in [-0.25, -0.2) is 4.98 Å². The predicted molar refractivity (Wildman–Crippen MR) is 101 cm³/mol. The highest BCUT2D eigenvalue weighted by Crippen LogP contribution is 2.21. The number of carbonyl (C=O) groups excluding carboxylic acids is 1. The summed E-state index contributed by atoms with van der Waals surface area (Å²) in [4.78, 5) is 19.0. The molecule has 1 saturated heterocycles. The molecule has 1 amide bonds. The molecule has 1 N–H and O–H groups in total. The molecule has 0 radical (unpaired) electrons. The van der Waals surface area contributed by atoms with Gasteiger partial charge in [0.2, 0.25) is 5.91 Å². The summed E-state index contributed by atoms with van der Waals surface area (Å²) in [5.41, 5.74) is 3.11. The molecule has 6 heteroatoms. The van der Waals surface area contributed by atoms with Crippen LogP contribution in [-0.2, 0) is 16.0 Å². The summed E-state index contributed by atoms with van der Waals surface area (Å²) < 4.78 is 5.36. The molecule has 0 saturated carbocycles. The van der Waals surface area contributed by atoms with E-state index in [0.717, 1.165) is 48.1 Å². The second-order valence-electron chi connectivity index (χ2n) is 6.43. The van der Waals surface area contributed by atoms with Crippen LogP contribution in [0.15, 0.2) is 29.6 Å². The first-order chi connectivity index (χ1) is 12.1. The lowest BCUT2D eigenvalue weighted by Gasteiger charge is -2.32. The number of aryl methyl sites for hydroxylation is 1. The molecule has 1 atom stereocenters. The van der Waals surface area contributed by atoms with Gasteiger partial charge in [-0.15, -0.1) is 11.3 Å². The highest BCUT2D eigenvalue weighted by molar-refractivity contribution is 7.09. The first-order valence-corrected chi connectivity index (χ1v) is 9.60. The third-order valence-electron chi connectivity index (χ3n) is 4.50. The second kappa shape index (κ2) is 8.56. The van der Waals surface area contributed by atoms with Gasteiger partial charge in [0.05, 0.1) is 30.3 Å². The van der Waals surface area contributed by atoms with E-state index in [1.165, 1.54) is 0 Å². The third-order valence-corrected chi connectivity index (χ3v) is 5.27. The Kier molecular flexibility index (Phi) is 6.18. The minimum absolute atomic E-state index is 0.0670. The Morgan fingerprint density at radius 3 is 2.68 bits per heavy atom. The Labute approximate surface area is 153 Å². The maximum absolute atomic E-state index is 12.2. The van der Waals surface area contributed by atoms with Crippen molar-refractivity contribution in [2.24, 2.45) is 0 Å². The van der Waals surface area contributed by atoms with Gasteiger partial charge in [-0.2, -0.15) is 0 Å². The Balaban J connectivity index is 1.47. The molecular formula is C19H25N3O2S. The first-order valence-electron chi connectivity index (χ1n) is 8.72. The largest absolute Gasteiger partial charge is 0.379 e. The van der Waals surface area contributed by atoms with Crippen molar-refractivity contribution in [3.8, 4) is 11.3 Å². The molecule has 1 aromatic heterocycles. The molecule has 1 unspecified atom stereocenters. The molecule has 25 heavy (non-hydrogen) atoms. The molecule has 1 fully saturated rings. The number of nitrogens with zero attached hydrogens (tertiary/aromatic N) is 2. The van der Waals surface area contributed by atoms with E-state index in [4.69, 9.17) is 4.74 Å². The summed E-state index contributed by atoms with van der Waals surface area (Å²) in [7, 11) is 0. The lowest BCUT2D eigenvalue weighted by atomic mass is 10.1. The van der Waals surface area contributed by atoms with E-state index in [9.17, 15) is 4.79 Å². The van der Waals surface area contributed by atoms with Crippen LogP contribution in [0.2, 0.25) is 0 Å². The van der Waals surface area contributed by atoms with Gasteiger partial charge in [0, 0.05) is 36.6 Å². The van der Waals surface area contributed by atoms with Gasteiger partial charge < -0.3 is 10.1 Å². The summed E-state index contributed by atoms with van der Waals surface area (Å²) >= 11 is 1.65. The Bertz CT molecular complexity index is 693. The van der Waals surface area contributed by atoms with Gasteiger partial charge in [-0.1, -0.05) is 24.3 Å². The SMILES string of the molecule is Cc1nc(-c2ccc(CC(=O)NCC(C)N3CCOCC3)cc2)cs1. The number of morpholine rings is 1. The zero-order chi connectivity index (χ0) is 17.6. The van der Waals surface area contributed by atoms with E-state index in [-0.39, 0.29) is 5.91 Å². The molecular weight excluding hydrogens is 334 g/mol. The van der Waals surface area contributed by atoms with Gasteiger partial charge in [0.15, 0.2) is 0 Å². The molecule has 2 aromatic rings. The zero-order valence-electron chi connectivity index (χ0n) is 14.8. The van der Waals surface area contributed by atoms with Crippen LogP contribution in [0.3, 0.4) is 0 Å². The van der Waals surface area contributed by atoms with E-state index >= 15 is 0 Å². The van der Waals surface area contributed by atoms with E-state index < -0.39 is 0 Å². The fourth-order valence-electron chi connectivity index (χ4n) is 2.95. The summed E-state index contributed by atoms with van der Waals surface area (Å²) in [5, 5.41) is 6.17. The van der Waals surface area contributed by atoms with Crippen LogP contribution in [0.5, 0.6) is 0 Å². The van der Waals surface area contributed by atoms with Crippen LogP contribution in [0.1, 0.15) is 17.5 Å². The van der Waals surface area contributed by atoms with E-state index in [1.807, 2.05) is 31.2 Å². The lowest BCUT2D eigenvalue weighted by Crippen LogP contribution is -2.47.